The smallest absolute Gasteiger partial charge is 0.319 e. The minimum Gasteiger partial charge on any atom is -0.370 e. The number of hydrogen-bond acceptors (Lipinski definition) is 3. The average Bonchev–Trinajstić information content (AvgIpc) is 2.64. The van der Waals surface area contributed by atoms with Gasteiger partial charge in [-0.05, 0) is 30.2 Å². The summed E-state index contributed by atoms with van der Waals surface area (Å²) in [5, 5.41) is 8.48. The third-order valence-corrected chi connectivity index (χ3v) is 4.41. The van der Waals surface area contributed by atoms with E-state index in [1.54, 1.807) is 18.2 Å². The molecule has 0 bridgehead atoms. The summed E-state index contributed by atoms with van der Waals surface area (Å²) in [6, 6.07) is 13.1. The Morgan fingerprint density at radius 2 is 1.82 bits per heavy atom. The predicted molar refractivity (Wildman–Crippen MR) is 109 cm³/mol. The molecular weight excluding hydrogens is 380 g/mol. The highest BCUT2D eigenvalue weighted by atomic mass is 35.5. The van der Waals surface area contributed by atoms with Crippen LogP contribution in [0.5, 0.6) is 0 Å². The van der Waals surface area contributed by atoms with Crippen LogP contribution in [0.15, 0.2) is 48.5 Å². The van der Waals surface area contributed by atoms with Gasteiger partial charge in [-0.25, -0.2) is 4.79 Å². The van der Waals surface area contributed by atoms with Crippen LogP contribution in [0.4, 0.5) is 10.5 Å². The van der Waals surface area contributed by atoms with Crippen LogP contribution in [0.25, 0.3) is 0 Å². The Bertz CT molecular complexity index is 843. The number of aryl methyl sites for hydroxylation is 1. The van der Waals surface area contributed by atoms with Crippen LogP contribution in [0.2, 0.25) is 5.02 Å². The zero-order valence-corrected chi connectivity index (χ0v) is 16.3. The summed E-state index contributed by atoms with van der Waals surface area (Å²) in [6.07, 6.45) is 0.323. The Kier molecular flexibility index (Phi) is 7.83. The number of rotatable bonds is 8. The van der Waals surface area contributed by atoms with Crippen molar-refractivity contribution in [3.63, 3.8) is 0 Å². The van der Waals surface area contributed by atoms with Crippen molar-refractivity contribution in [1.29, 1.82) is 0 Å². The number of benzene rings is 2. The Labute approximate surface area is 168 Å². The van der Waals surface area contributed by atoms with Crippen molar-refractivity contribution in [3.8, 4) is 0 Å². The van der Waals surface area contributed by atoms with E-state index in [-0.39, 0.29) is 13.0 Å². The topological polar surface area (TPSA) is 113 Å². The largest absolute Gasteiger partial charge is 0.370 e. The lowest BCUT2D eigenvalue weighted by Crippen LogP contribution is -2.49. The SMILES string of the molecule is Cc1ccc(NC(=O)N[C@H](Cc2ccccc2)C(=O)NCCC(N)=O)cc1Cl. The van der Waals surface area contributed by atoms with Gasteiger partial charge in [-0.15, -0.1) is 0 Å². The molecule has 8 heteroatoms. The van der Waals surface area contributed by atoms with E-state index in [9.17, 15) is 14.4 Å². The van der Waals surface area contributed by atoms with Crippen molar-refractivity contribution in [3.05, 3.63) is 64.7 Å². The Hall–Kier alpha value is -3.06. The molecule has 4 amide bonds. The number of urea groups is 1. The predicted octanol–water partition coefficient (Wildman–Crippen LogP) is 2.37. The Morgan fingerprint density at radius 1 is 1.11 bits per heavy atom. The molecule has 2 aromatic rings. The molecule has 0 aromatic heterocycles. The van der Waals surface area contributed by atoms with Gasteiger partial charge in [-0.2, -0.15) is 0 Å². The van der Waals surface area contributed by atoms with Crippen LogP contribution in [-0.2, 0) is 16.0 Å². The molecule has 2 rings (SSSR count). The molecule has 7 nitrogen and oxygen atoms in total. The normalized spacial score (nSPS) is 11.4. The highest BCUT2D eigenvalue weighted by molar-refractivity contribution is 6.31. The minimum atomic E-state index is -0.823. The molecule has 1 atom stereocenters. The summed E-state index contributed by atoms with van der Waals surface area (Å²) in [5.41, 5.74) is 7.38. The second-order valence-corrected chi connectivity index (χ2v) is 6.72. The number of carbonyl (C=O) groups is 3. The number of carbonyl (C=O) groups excluding carboxylic acids is 3. The maximum absolute atomic E-state index is 12.5. The Balaban J connectivity index is 2.04. The maximum Gasteiger partial charge on any atom is 0.319 e. The molecule has 148 valence electrons. The van der Waals surface area contributed by atoms with Gasteiger partial charge in [-0.3, -0.25) is 9.59 Å². The summed E-state index contributed by atoms with van der Waals surface area (Å²) in [6.45, 7) is 1.97. The molecule has 0 aliphatic heterocycles. The van der Waals surface area contributed by atoms with Crippen molar-refractivity contribution >= 4 is 35.1 Å². The minimum absolute atomic E-state index is 0.0257. The Morgan fingerprint density at radius 3 is 2.46 bits per heavy atom. The number of amides is 4. The quantitative estimate of drug-likeness (QED) is 0.543. The number of anilines is 1. The first-order chi connectivity index (χ1) is 13.3. The van der Waals surface area contributed by atoms with Gasteiger partial charge < -0.3 is 21.7 Å². The summed E-state index contributed by atoms with van der Waals surface area (Å²) in [5.74, 6) is -0.913. The highest BCUT2D eigenvalue weighted by Crippen LogP contribution is 2.19. The highest BCUT2D eigenvalue weighted by Gasteiger charge is 2.21. The van der Waals surface area contributed by atoms with E-state index in [4.69, 9.17) is 17.3 Å². The molecule has 0 radical (unpaired) electrons. The van der Waals surface area contributed by atoms with Crippen molar-refractivity contribution in [1.82, 2.24) is 10.6 Å². The molecule has 0 aliphatic carbocycles. The number of halogens is 1. The second-order valence-electron chi connectivity index (χ2n) is 6.31. The third-order valence-electron chi connectivity index (χ3n) is 4.00. The zero-order valence-electron chi connectivity index (χ0n) is 15.5. The van der Waals surface area contributed by atoms with Gasteiger partial charge in [0, 0.05) is 30.1 Å². The van der Waals surface area contributed by atoms with Gasteiger partial charge >= 0.3 is 6.03 Å². The number of nitrogens with two attached hydrogens (primary N) is 1. The maximum atomic E-state index is 12.5. The first-order valence-corrected chi connectivity index (χ1v) is 9.16. The van der Waals surface area contributed by atoms with Crippen molar-refractivity contribution in [2.75, 3.05) is 11.9 Å². The lowest BCUT2D eigenvalue weighted by atomic mass is 10.1. The molecule has 0 spiro atoms. The van der Waals surface area contributed by atoms with E-state index in [0.29, 0.717) is 17.1 Å². The van der Waals surface area contributed by atoms with Crippen LogP contribution in [0.1, 0.15) is 17.5 Å². The number of hydrogen-bond donors (Lipinski definition) is 4. The van der Waals surface area contributed by atoms with E-state index >= 15 is 0 Å². The first-order valence-electron chi connectivity index (χ1n) is 8.79. The zero-order chi connectivity index (χ0) is 20.5. The van der Waals surface area contributed by atoms with Crippen LogP contribution in [-0.4, -0.2) is 30.4 Å². The fourth-order valence-corrected chi connectivity index (χ4v) is 2.67. The van der Waals surface area contributed by atoms with Gasteiger partial charge in [0.05, 0.1) is 0 Å². The summed E-state index contributed by atoms with van der Waals surface area (Å²) < 4.78 is 0. The van der Waals surface area contributed by atoms with Crippen LogP contribution >= 0.6 is 11.6 Å². The standard InChI is InChI=1S/C20H23ClN4O3/c1-13-7-8-15(12-16(13)21)24-20(28)25-17(11-14-5-3-2-4-6-14)19(27)23-10-9-18(22)26/h2-8,12,17H,9-11H2,1H3,(H2,22,26)(H,23,27)(H2,24,25,28)/t17-/m1/s1. The van der Waals surface area contributed by atoms with Crippen molar-refractivity contribution < 1.29 is 14.4 Å². The van der Waals surface area contributed by atoms with Crippen molar-refractivity contribution in [2.24, 2.45) is 5.73 Å². The molecule has 2 aromatic carbocycles. The third kappa shape index (κ3) is 6.92. The first kappa shape index (κ1) is 21.2. The molecule has 0 aliphatic rings. The molecule has 0 unspecified atom stereocenters. The van der Waals surface area contributed by atoms with Gasteiger partial charge in [0.2, 0.25) is 11.8 Å². The number of nitrogens with one attached hydrogen (secondary N) is 3. The van der Waals surface area contributed by atoms with E-state index in [2.05, 4.69) is 16.0 Å². The summed E-state index contributed by atoms with van der Waals surface area (Å²) >= 11 is 6.07. The fraction of sp³-hybridized carbons (Fsp3) is 0.250. The monoisotopic (exact) mass is 402 g/mol. The summed E-state index contributed by atoms with van der Waals surface area (Å²) in [7, 11) is 0. The van der Waals surface area contributed by atoms with E-state index in [0.717, 1.165) is 11.1 Å². The second kappa shape index (κ2) is 10.3. The van der Waals surface area contributed by atoms with Gasteiger partial charge in [0.25, 0.3) is 0 Å². The van der Waals surface area contributed by atoms with Crippen LogP contribution < -0.4 is 21.7 Å². The lowest BCUT2D eigenvalue weighted by Gasteiger charge is -2.19. The van der Waals surface area contributed by atoms with E-state index in [1.807, 2.05) is 37.3 Å². The molecule has 0 heterocycles. The molecule has 0 saturated heterocycles. The number of primary amides is 1. The average molecular weight is 403 g/mol. The summed E-state index contributed by atoms with van der Waals surface area (Å²) in [4.78, 5) is 35.7. The van der Waals surface area contributed by atoms with E-state index < -0.39 is 23.9 Å². The molecular formula is C20H23ClN4O3. The molecule has 5 N–H and O–H groups in total. The van der Waals surface area contributed by atoms with E-state index in [1.165, 1.54) is 0 Å². The lowest BCUT2D eigenvalue weighted by molar-refractivity contribution is -0.123. The van der Waals surface area contributed by atoms with Gasteiger partial charge in [0.1, 0.15) is 6.04 Å². The molecule has 28 heavy (non-hydrogen) atoms. The fourth-order valence-electron chi connectivity index (χ4n) is 2.49. The van der Waals surface area contributed by atoms with Crippen LogP contribution in [0.3, 0.4) is 0 Å². The van der Waals surface area contributed by atoms with Gasteiger partial charge in [0.15, 0.2) is 0 Å². The molecule has 0 fully saturated rings. The van der Waals surface area contributed by atoms with Crippen LogP contribution in [0, 0.1) is 6.92 Å². The molecule has 0 saturated carbocycles. The van der Waals surface area contributed by atoms with Crippen molar-refractivity contribution in [2.45, 2.75) is 25.8 Å². The van der Waals surface area contributed by atoms with Gasteiger partial charge in [-0.1, -0.05) is 48.0 Å².